The number of carbonyl (C=O) groups excluding carboxylic acids is 1. The Hall–Kier alpha value is -2.09. The van der Waals surface area contributed by atoms with Gasteiger partial charge in [-0.2, -0.15) is 0 Å². The summed E-state index contributed by atoms with van der Waals surface area (Å²) in [7, 11) is 0. The fourth-order valence-corrected chi connectivity index (χ4v) is 2.38. The lowest BCUT2D eigenvalue weighted by atomic mass is 10.1. The van der Waals surface area contributed by atoms with Crippen molar-refractivity contribution in [2.75, 3.05) is 11.9 Å². The van der Waals surface area contributed by atoms with Gasteiger partial charge in [0.15, 0.2) is 0 Å². The van der Waals surface area contributed by atoms with E-state index in [1.807, 2.05) is 29.5 Å². The molecule has 0 heterocycles. The highest BCUT2D eigenvalue weighted by molar-refractivity contribution is 14.1. The zero-order valence-electron chi connectivity index (χ0n) is 11.8. The molecule has 5 nitrogen and oxygen atoms in total. The number of hydrogen-bond acceptors (Lipinski definition) is 3. The van der Waals surface area contributed by atoms with Crippen LogP contribution < -0.4 is 10.1 Å². The third-order valence-corrected chi connectivity index (χ3v) is 3.54. The molecule has 2 aromatic carbocycles. The summed E-state index contributed by atoms with van der Waals surface area (Å²) in [5, 5.41) is 11.8. The van der Waals surface area contributed by atoms with Gasteiger partial charge in [-0.1, -0.05) is 6.07 Å². The van der Waals surface area contributed by atoms with Gasteiger partial charge in [-0.3, -0.25) is 4.79 Å². The van der Waals surface area contributed by atoms with Crippen molar-refractivity contribution in [3.05, 3.63) is 57.2 Å². The first kappa shape index (κ1) is 16.3. The maximum Gasteiger partial charge on any atom is 0.337 e. The van der Waals surface area contributed by atoms with Crippen LogP contribution in [0.25, 0.3) is 0 Å². The summed E-state index contributed by atoms with van der Waals surface area (Å²) < 4.78 is 6.13. The molecule has 0 atom stereocenters. The quantitative estimate of drug-likeness (QED) is 0.737. The molecular formula is C16H14INO4. The van der Waals surface area contributed by atoms with Gasteiger partial charge in [0.2, 0.25) is 0 Å². The normalized spacial score (nSPS) is 10.1. The Morgan fingerprint density at radius 3 is 2.68 bits per heavy atom. The van der Waals surface area contributed by atoms with Crippen LogP contribution in [-0.2, 0) is 0 Å². The second kappa shape index (κ2) is 7.26. The van der Waals surface area contributed by atoms with Gasteiger partial charge < -0.3 is 15.2 Å². The molecule has 0 aliphatic rings. The van der Waals surface area contributed by atoms with Crippen LogP contribution in [0.1, 0.15) is 27.6 Å². The number of carboxylic acid groups (broad SMARTS) is 1. The molecule has 0 bridgehead atoms. The van der Waals surface area contributed by atoms with E-state index >= 15 is 0 Å². The largest absolute Gasteiger partial charge is 0.494 e. The molecule has 0 saturated heterocycles. The van der Waals surface area contributed by atoms with E-state index in [1.54, 1.807) is 36.4 Å². The standard InChI is InChI=1S/C16H14INO4/c1-2-22-12-5-3-4-10(8-12)15(19)18-14-7-6-11(17)9-13(14)16(20)21/h3-9H,2H2,1H3,(H,18,19)(H,20,21). The zero-order chi connectivity index (χ0) is 16.1. The first-order valence-corrected chi connectivity index (χ1v) is 7.66. The summed E-state index contributed by atoms with van der Waals surface area (Å²) >= 11 is 2.02. The lowest BCUT2D eigenvalue weighted by Gasteiger charge is -2.10. The number of ether oxygens (including phenoxy) is 1. The van der Waals surface area contributed by atoms with E-state index < -0.39 is 5.97 Å². The highest BCUT2D eigenvalue weighted by atomic mass is 127. The Kier molecular flexibility index (Phi) is 5.37. The van der Waals surface area contributed by atoms with Crippen molar-refractivity contribution in [1.29, 1.82) is 0 Å². The third kappa shape index (κ3) is 3.97. The molecule has 0 radical (unpaired) electrons. The highest BCUT2D eigenvalue weighted by Crippen LogP contribution is 2.21. The van der Waals surface area contributed by atoms with E-state index in [-0.39, 0.29) is 17.2 Å². The number of aromatic carboxylic acids is 1. The van der Waals surface area contributed by atoms with E-state index in [0.717, 1.165) is 3.57 Å². The fraction of sp³-hybridized carbons (Fsp3) is 0.125. The van der Waals surface area contributed by atoms with E-state index in [1.165, 1.54) is 6.07 Å². The molecule has 0 aliphatic carbocycles. The van der Waals surface area contributed by atoms with E-state index in [2.05, 4.69) is 5.32 Å². The number of amides is 1. The molecule has 0 aromatic heterocycles. The predicted molar refractivity (Wildman–Crippen MR) is 91.7 cm³/mol. The number of benzene rings is 2. The molecule has 114 valence electrons. The van der Waals surface area contributed by atoms with Crippen LogP contribution >= 0.6 is 22.6 Å². The number of hydrogen-bond donors (Lipinski definition) is 2. The van der Waals surface area contributed by atoms with Crippen molar-refractivity contribution >= 4 is 40.2 Å². The second-order valence-electron chi connectivity index (χ2n) is 4.41. The minimum Gasteiger partial charge on any atom is -0.494 e. The molecule has 0 fully saturated rings. The highest BCUT2D eigenvalue weighted by Gasteiger charge is 2.14. The minimum absolute atomic E-state index is 0.0567. The molecule has 6 heteroatoms. The number of halogens is 1. The molecule has 0 saturated carbocycles. The Morgan fingerprint density at radius 1 is 1.23 bits per heavy atom. The predicted octanol–water partition coefficient (Wildman–Crippen LogP) is 3.64. The topological polar surface area (TPSA) is 75.6 Å². The summed E-state index contributed by atoms with van der Waals surface area (Å²) in [5.74, 6) is -0.877. The van der Waals surface area contributed by atoms with Crippen LogP contribution in [0.2, 0.25) is 0 Å². The van der Waals surface area contributed by atoms with E-state index in [4.69, 9.17) is 4.74 Å². The first-order chi connectivity index (χ1) is 10.5. The summed E-state index contributed by atoms with van der Waals surface area (Å²) in [4.78, 5) is 23.5. The third-order valence-electron chi connectivity index (χ3n) is 2.87. The van der Waals surface area contributed by atoms with Gasteiger partial charge in [0.05, 0.1) is 17.9 Å². The van der Waals surface area contributed by atoms with Crippen LogP contribution in [0.5, 0.6) is 5.75 Å². The molecular weight excluding hydrogens is 397 g/mol. The second-order valence-corrected chi connectivity index (χ2v) is 5.66. The van der Waals surface area contributed by atoms with Crippen LogP contribution in [0.15, 0.2) is 42.5 Å². The van der Waals surface area contributed by atoms with Gasteiger partial charge in [-0.25, -0.2) is 4.79 Å². The van der Waals surface area contributed by atoms with Gasteiger partial charge in [0.25, 0.3) is 5.91 Å². The fourth-order valence-electron chi connectivity index (χ4n) is 1.89. The molecule has 1 amide bonds. The number of carbonyl (C=O) groups is 2. The summed E-state index contributed by atoms with van der Waals surface area (Å²) in [6.45, 7) is 2.36. The van der Waals surface area contributed by atoms with Gasteiger partial charge in [0, 0.05) is 9.13 Å². The van der Waals surface area contributed by atoms with Crippen LogP contribution in [0, 0.1) is 3.57 Å². The number of carboxylic acids is 1. The van der Waals surface area contributed by atoms with Crippen molar-refractivity contribution in [3.63, 3.8) is 0 Å². The summed E-state index contributed by atoms with van der Waals surface area (Å²) in [6, 6.07) is 11.6. The van der Waals surface area contributed by atoms with Gasteiger partial charge in [-0.05, 0) is 65.9 Å². The number of nitrogens with one attached hydrogen (secondary N) is 1. The summed E-state index contributed by atoms with van der Waals surface area (Å²) in [6.07, 6.45) is 0. The average Bonchev–Trinajstić information content (AvgIpc) is 2.49. The van der Waals surface area contributed by atoms with Gasteiger partial charge in [0.1, 0.15) is 5.75 Å². The Labute approximate surface area is 141 Å². The first-order valence-electron chi connectivity index (χ1n) is 6.58. The summed E-state index contributed by atoms with van der Waals surface area (Å²) in [5.41, 5.74) is 0.724. The van der Waals surface area contributed by atoms with Crippen molar-refractivity contribution in [2.24, 2.45) is 0 Å². The molecule has 2 rings (SSSR count). The van der Waals surface area contributed by atoms with Crippen molar-refractivity contribution < 1.29 is 19.4 Å². The molecule has 0 spiro atoms. The Morgan fingerprint density at radius 2 is 2.00 bits per heavy atom. The molecule has 2 N–H and O–H groups in total. The van der Waals surface area contributed by atoms with Crippen LogP contribution in [0.4, 0.5) is 5.69 Å². The Bertz CT molecular complexity index is 715. The van der Waals surface area contributed by atoms with Gasteiger partial charge >= 0.3 is 5.97 Å². The van der Waals surface area contributed by atoms with Gasteiger partial charge in [-0.15, -0.1) is 0 Å². The van der Waals surface area contributed by atoms with Crippen LogP contribution in [-0.4, -0.2) is 23.6 Å². The zero-order valence-corrected chi connectivity index (χ0v) is 14.0. The lowest BCUT2D eigenvalue weighted by molar-refractivity contribution is 0.0698. The average molecular weight is 411 g/mol. The molecule has 22 heavy (non-hydrogen) atoms. The smallest absolute Gasteiger partial charge is 0.337 e. The Balaban J connectivity index is 2.25. The monoisotopic (exact) mass is 411 g/mol. The van der Waals surface area contributed by atoms with Crippen molar-refractivity contribution in [1.82, 2.24) is 0 Å². The molecule has 0 aliphatic heterocycles. The van der Waals surface area contributed by atoms with E-state index in [9.17, 15) is 14.7 Å². The van der Waals surface area contributed by atoms with Crippen molar-refractivity contribution in [2.45, 2.75) is 6.92 Å². The van der Waals surface area contributed by atoms with Crippen molar-refractivity contribution in [3.8, 4) is 5.75 Å². The SMILES string of the molecule is CCOc1cccc(C(=O)Nc2ccc(I)cc2C(=O)O)c1. The lowest BCUT2D eigenvalue weighted by Crippen LogP contribution is -2.15. The number of rotatable bonds is 5. The van der Waals surface area contributed by atoms with E-state index in [0.29, 0.717) is 17.9 Å². The number of anilines is 1. The van der Waals surface area contributed by atoms with Crippen LogP contribution in [0.3, 0.4) is 0 Å². The maximum absolute atomic E-state index is 12.3. The molecule has 0 unspecified atom stereocenters. The minimum atomic E-state index is -1.09. The molecule has 2 aromatic rings. The maximum atomic E-state index is 12.3.